The normalized spacial score (nSPS) is 10.1. The van der Waals surface area contributed by atoms with Crippen LogP contribution in [0.15, 0.2) is 66.9 Å². The Morgan fingerprint density at radius 3 is 2.18 bits per heavy atom. The summed E-state index contributed by atoms with van der Waals surface area (Å²) in [6.07, 6.45) is 1.50. The van der Waals surface area contributed by atoms with Gasteiger partial charge in [0.25, 0.3) is 5.91 Å². The van der Waals surface area contributed by atoms with Gasteiger partial charge in [-0.3, -0.25) is 9.59 Å². The van der Waals surface area contributed by atoms with E-state index in [2.05, 4.69) is 20.9 Å². The molecule has 3 N–H and O–H groups in total. The van der Waals surface area contributed by atoms with Gasteiger partial charge in [0.15, 0.2) is 0 Å². The molecule has 142 valence electrons. The molecule has 1 aromatic heterocycles. The van der Waals surface area contributed by atoms with Gasteiger partial charge >= 0.3 is 0 Å². The third kappa shape index (κ3) is 4.85. The topological polar surface area (TPSA) is 92.4 Å². The predicted octanol–water partition coefficient (Wildman–Crippen LogP) is 4.04. The van der Waals surface area contributed by atoms with Crippen LogP contribution in [0.4, 0.5) is 22.9 Å². The van der Waals surface area contributed by atoms with Gasteiger partial charge in [0.2, 0.25) is 5.91 Å². The van der Waals surface area contributed by atoms with Crippen LogP contribution in [-0.2, 0) is 4.79 Å². The molecule has 0 saturated heterocycles. The number of carbonyl (C=O) groups excluding carboxylic acids is 2. The number of rotatable bonds is 6. The number of methoxy groups -OCH3 is 1. The van der Waals surface area contributed by atoms with Crippen molar-refractivity contribution in [2.24, 2.45) is 0 Å². The number of nitrogens with zero attached hydrogens (tertiary/aromatic N) is 1. The van der Waals surface area contributed by atoms with Crippen molar-refractivity contribution < 1.29 is 14.3 Å². The number of para-hydroxylation sites is 2. The van der Waals surface area contributed by atoms with Crippen LogP contribution in [-0.4, -0.2) is 23.9 Å². The van der Waals surface area contributed by atoms with E-state index in [4.69, 9.17) is 4.74 Å². The molecule has 0 spiro atoms. The fourth-order valence-electron chi connectivity index (χ4n) is 2.53. The van der Waals surface area contributed by atoms with Crippen LogP contribution < -0.4 is 20.7 Å². The summed E-state index contributed by atoms with van der Waals surface area (Å²) in [7, 11) is 1.60. The number of hydrogen-bond donors (Lipinski definition) is 3. The molecule has 1 heterocycles. The molecule has 3 aromatic rings. The van der Waals surface area contributed by atoms with Gasteiger partial charge in [0.1, 0.15) is 11.6 Å². The van der Waals surface area contributed by atoms with E-state index >= 15 is 0 Å². The van der Waals surface area contributed by atoms with E-state index in [0.29, 0.717) is 28.5 Å². The third-order valence-corrected chi connectivity index (χ3v) is 3.86. The maximum atomic E-state index is 12.4. The smallest absolute Gasteiger partial charge is 0.257 e. The number of ether oxygens (including phenoxy) is 1. The summed E-state index contributed by atoms with van der Waals surface area (Å²) >= 11 is 0. The Kier molecular flexibility index (Phi) is 5.86. The molecule has 7 nitrogen and oxygen atoms in total. The maximum Gasteiger partial charge on any atom is 0.257 e. The van der Waals surface area contributed by atoms with Crippen LogP contribution in [0.1, 0.15) is 17.3 Å². The van der Waals surface area contributed by atoms with Crippen molar-refractivity contribution in [3.8, 4) is 5.75 Å². The summed E-state index contributed by atoms with van der Waals surface area (Å²) < 4.78 is 5.30. The molecule has 0 aliphatic rings. The lowest BCUT2D eigenvalue weighted by Gasteiger charge is -2.11. The second-order valence-corrected chi connectivity index (χ2v) is 5.97. The van der Waals surface area contributed by atoms with E-state index in [-0.39, 0.29) is 11.8 Å². The second kappa shape index (κ2) is 8.68. The first kappa shape index (κ1) is 18.9. The van der Waals surface area contributed by atoms with Crippen molar-refractivity contribution in [3.63, 3.8) is 0 Å². The lowest BCUT2D eigenvalue weighted by Crippen LogP contribution is -2.12. The number of anilines is 4. The van der Waals surface area contributed by atoms with Crippen LogP contribution in [0.3, 0.4) is 0 Å². The summed E-state index contributed by atoms with van der Waals surface area (Å²) in [5.41, 5.74) is 2.50. The molecule has 2 aromatic carbocycles. The molecule has 7 heteroatoms. The Hall–Kier alpha value is -3.87. The highest BCUT2D eigenvalue weighted by atomic mass is 16.5. The van der Waals surface area contributed by atoms with E-state index in [1.807, 2.05) is 24.3 Å². The maximum absolute atomic E-state index is 12.4. The Bertz CT molecular complexity index is 970. The third-order valence-electron chi connectivity index (χ3n) is 3.86. The molecule has 0 radical (unpaired) electrons. The number of benzene rings is 2. The molecular weight excluding hydrogens is 356 g/mol. The molecule has 0 aliphatic heterocycles. The molecular formula is C21H20N4O3. The highest BCUT2D eigenvalue weighted by Gasteiger charge is 2.08. The van der Waals surface area contributed by atoms with E-state index < -0.39 is 0 Å². The van der Waals surface area contributed by atoms with Gasteiger partial charge in [-0.05, 0) is 48.5 Å². The largest absolute Gasteiger partial charge is 0.495 e. The van der Waals surface area contributed by atoms with Crippen LogP contribution in [0.25, 0.3) is 0 Å². The fraction of sp³-hybridized carbons (Fsp3) is 0.0952. The summed E-state index contributed by atoms with van der Waals surface area (Å²) in [5, 5.41) is 8.63. The average molecular weight is 376 g/mol. The van der Waals surface area contributed by atoms with Gasteiger partial charge < -0.3 is 20.7 Å². The molecule has 0 atom stereocenters. The molecule has 2 amide bonds. The average Bonchev–Trinajstić information content (AvgIpc) is 2.70. The van der Waals surface area contributed by atoms with Crippen LogP contribution in [0.5, 0.6) is 5.75 Å². The monoisotopic (exact) mass is 376 g/mol. The highest BCUT2D eigenvalue weighted by Crippen LogP contribution is 2.26. The number of pyridine rings is 1. The molecule has 28 heavy (non-hydrogen) atoms. The molecule has 0 unspecified atom stereocenters. The van der Waals surface area contributed by atoms with Gasteiger partial charge in [0.05, 0.1) is 18.4 Å². The van der Waals surface area contributed by atoms with E-state index in [0.717, 1.165) is 5.69 Å². The zero-order chi connectivity index (χ0) is 19.9. The minimum Gasteiger partial charge on any atom is -0.495 e. The molecule has 0 fully saturated rings. The summed E-state index contributed by atoms with van der Waals surface area (Å²) in [6.45, 7) is 1.44. The fourth-order valence-corrected chi connectivity index (χ4v) is 2.53. The zero-order valence-corrected chi connectivity index (χ0v) is 15.5. The van der Waals surface area contributed by atoms with Gasteiger partial charge in [-0.15, -0.1) is 0 Å². The zero-order valence-electron chi connectivity index (χ0n) is 15.5. The SMILES string of the molecule is COc1ccccc1Nc1ccc(C(=O)Nc2ccc(NC(C)=O)cc2)cn1. The Labute approximate surface area is 162 Å². The van der Waals surface area contributed by atoms with Crippen molar-refractivity contribution in [3.05, 3.63) is 72.4 Å². The first-order chi connectivity index (χ1) is 13.5. The predicted molar refractivity (Wildman–Crippen MR) is 109 cm³/mol. The Morgan fingerprint density at radius 2 is 1.57 bits per heavy atom. The lowest BCUT2D eigenvalue weighted by molar-refractivity contribution is -0.114. The van der Waals surface area contributed by atoms with Crippen LogP contribution in [0.2, 0.25) is 0 Å². The molecule has 0 aliphatic carbocycles. The van der Waals surface area contributed by atoms with Gasteiger partial charge in [-0.2, -0.15) is 0 Å². The number of nitrogens with one attached hydrogen (secondary N) is 3. The lowest BCUT2D eigenvalue weighted by atomic mass is 10.2. The van der Waals surface area contributed by atoms with E-state index in [9.17, 15) is 9.59 Å². The first-order valence-electron chi connectivity index (χ1n) is 8.60. The molecule has 0 bridgehead atoms. The number of hydrogen-bond acceptors (Lipinski definition) is 5. The van der Waals surface area contributed by atoms with E-state index in [1.165, 1.54) is 13.1 Å². The summed E-state index contributed by atoms with van der Waals surface area (Å²) in [4.78, 5) is 27.7. The second-order valence-electron chi connectivity index (χ2n) is 5.97. The minimum absolute atomic E-state index is 0.148. The Morgan fingerprint density at radius 1 is 0.893 bits per heavy atom. The molecule has 3 rings (SSSR count). The highest BCUT2D eigenvalue weighted by molar-refractivity contribution is 6.04. The van der Waals surface area contributed by atoms with Crippen LogP contribution >= 0.6 is 0 Å². The quantitative estimate of drug-likeness (QED) is 0.604. The van der Waals surface area contributed by atoms with Crippen molar-refractivity contribution in [1.82, 2.24) is 4.98 Å². The van der Waals surface area contributed by atoms with Gasteiger partial charge in [0, 0.05) is 24.5 Å². The van der Waals surface area contributed by atoms with Crippen molar-refractivity contribution in [1.29, 1.82) is 0 Å². The first-order valence-corrected chi connectivity index (χ1v) is 8.60. The summed E-state index contributed by atoms with van der Waals surface area (Å²) in [6, 6.07) is 17.8. The minimum atomic E-state index is -0.274. The molecule has 0 saturated carbocycles. The van der Waals surface area contributed by atoms with Crippen molar-refractivity contribution in [2.45, 2.75) is 6.92 Å². The van der Waals surface area contributed by atoms with Gasteiger partial charge in [-0.1, -0.05) is 12.1 Å². The Balaban J connectivity index is 1.64. The number of carbonyl (C=O) groups is 2. The van der Waals surface area contributed by atoms with Crippen molar-refractivity contribution in [2.75, 3.05) is 23.1 Å². The standard InChI is InChI=1S/C21H20N4O3/c1-14(26)23-16-8-10-17(11-9-16)24-21(27)15-7-12-20(22-13-15)25-18-5-3-4-6-19(18)28-2/h3-13H,1-2H3,(H,22,25)(H,23,26)(H,24,27). The van der Waals surface area contributed by atoms with Crippen molar-refractivity contribution >= 4 is 34.7 Å². The number of amides is 2. The summed E-state index contributed by atoms with van der Waals surface area (Å²) in [5.74, 6) is 0.878. The van der Waals surface area contributed by atoms with Crippen LogP contribution in [0, 0.1) is 0 Å². The van der Waals surface area contributed by atoms with E-state index in [1.54, 1.807) is 43.5 Å². The number of aromatic nitrogens is 1. The van der Waals surface area contributed by atoms with Gasteiger partial charge in [-0.25, -0.2) is 4.98 Å².